The van der Waals surface area contributed by atoms with E-state index in [9.17, 15) is 19.7 Å². The zero-order chi connectivity index (χ0) is 21.2. The van der Waals surface area contributed by atoms with Crippen molar-refractivity contribution < 1.29 is 19.2 Å². The Morgan fingerprint density at radius 3 is 2.69 bits per heavy atom. The maximum Gasteiger partial charge on any atom is 0.306 e. The van der Waals surface area contributed by atoms with E-state index < -0.39 is 10.9 Å². The molecule has 29 heavy (non-hydrogen) atoms. The number of amides is 1. The number of carbonyl (C=O) groups is 2. The number of para-hydroxylation sites is 2. The molecular weight excluding hydrogens is 398 g/mol. The van der Waals surface area contributed by atoms with Crippen LogP contribution in [0.15, 0.2) is 48.5 Å². The van der Waals surface area contributed by atoms with E-state index in [-0.39, 0.29) is 24.6 Å². The van der Waals surface area contributed by atoms with Crippen LogP contribution in [0.3, 0.4) is 0 Å². The molecule has 2 aromatic carbocycles. The number of nitro groups is 1. The topological polar surface area (TPSA) is 102 Å². The third kappa shape index (κ3) is 7.42. The number of halogens is 1. The Morgan fingerprint density at radius 1 is 1.21 bits per heavy atom. The van der Waals surface area contributed by atoms with E-state index in [1.54, 1.807) is 43.4 Å². The molecule has 0 saturated carbocycles. The molecule has 0 saturated heterocycles. The first-order valence-corrected chi connectivity index (χ1v) is 9.36. The molecular formula is C20H22ClN3O5. The van der Waals surface area contributed by atoms with E-state index in [2.05, 4.69) is 5.32 Å². The second-order valence-corrected chi connectivity index (χ2v) is 6.78. The average molecular weight is 420 g/mol. The highest BCUT2D eigenvalue weighted by Gasteiger charge is 2.14. The second kappa shape index (κ2) is 11.0. The smallest absolute Gasteiger partial charge is 0.306 e. The first-order valence-electron chi connectivity index (χ1n) is 8.98. The largest absolute Gasteiger partial charge is 0.456 e. The number of rotatable bonds is 10. The number of hydrogen-bond donors (Lipinski definition) is 1. The molecule has 0 aliphatic rings. The number of esters is 1. The minimum absolute atomic E-state index is 0.0246. The van der Waals surface area contributed by atoms with E-state index in [1.165, 1.54) is 11.0 Å². The zero-order valence-corrected chi connectivity index (χ0v) is 16.7. The van der Waals surface area contributed by atoms with Gasteiger partial charge in [0.2, 0.25) is 0 Å². The van der Waals surface area contributed by atoms with E-state index in [1.807, 2.05) is 6.07 Å². The first-order chi connectivity index (χ1) is 13.9. The van der Waals surface area contributed by atoms with Crippen molar-refractivity contribution in [2.24, 2.45) is 0 Å². The van der Waals surface area contributed by atoms with Crippen molar-refractivity contribution in [2.45, 2.75) is 19.4 Å². The van der Waals surface area contributed by atoms with Crippen molar-refractivity contribution in [3.8, 4) is 0 Å². The number of likely N-dealkylation sites (N-methyl/N-ethyl adjacent to an activating group) is 1. The molecule has 0 radical (unpaired) electrons. The average Bonchev–Trinajstić information content (AvgIpc) is 2.69. The van der Waals surface area contributed by atoms with Crippen molar-refractivity contribution in [2.75, 3.05) is 25.5 Å². The molecule has 0 heterocycles. The van der Waals surface area contributed by atoms with Crippen LogP contribution in [0.5, 0.6) is 0 Å². The molecule has 0 bridgehead atoms. The van der Waals surface area contributed by atoms with Gasteiger partial charge in [0.15, 0.2) is 6.61 Å². The Bertz CT molecular complexity index is 875. The molecule has 1 N–H and O–H groups in total. The van der Waals surface area contributed by atoms with Crippen LogP contribution in [-0.2, 0) is 20.9 Å². The monoisotopic (exact) mass is 419 g/mol. The maximum absolute atomic E-state index is 12.1. The molecule has 154 valence electrons. The van der Waals surface area contributed by atoms with Crippen LogP contribution in [0.4, 0.5) is 11.4 Å². The fourth-order valence-corrected chi connectivity index (χ4v) is 2.77. The number of nitrogens with zero attached hydrogens (tertiary/aromatic N) is 2. The second-order valence-electron chi connectivity index (χ2n) is 6.34. The summed E-state index contributed by atoms with van der Waals surface area (Å²) in [6.07, 6.45) is 0.510. The molecule has 0 fully saturated rings. The highest BCUT2D eigenvalue weighted by Crippen LogP contribution is 2.23. The predicted molar refractivity (Wildman–Crippen MR) is 110 cm³/mol. The molecule has 0 atom stereocenters. The highest BCUT2D eigenvalue weighted by atomic mass is 35.5. The summed E-state index contributed by atoms with van der Waals surface area (Å²) in [5.74, 6) is -0.824. The summed E-state index contributed by atoms with van der Waals surface area (Å²) in [5, 5.41) is 14.5. The van der Waals surface area contributed by atoms with Gasteiger partial charge in [-0.25, -0.2) is 0 Å². The number of benzene rings is 2. The lowest BCUT2D eigenvalue weighted by Gasteiger charge is -2.17. The Hall–Kier alpha value is -3.13. The summed E-state index contributed by atoms with van der Waals surface area (Å²) in [6.45, 7) is 0.382. The van der Waals surface area contributed by atoms with Crippen LogP contribution in [-0.4, -0.2) is 41.9 Å². The van der Waals surface area contributed by atoms with Crippen molar-refractivity contribution in [1.29, 1.82) is 0 Å². The summed E-state index contributed by atoms with van der Waals surface area (Å²) in [5.41, 5.74) is 1.24. The molecule has 2 rings (SSSR count). The number of ether oxygens (including phenoxy) is 1. The van der Waals surface area contributed by atoms with Gasteiger partial charge in [-0.15, -0.1) is 0 Å². The van der Waals surface area contributed by atoms with Gasteiger partial charge in [-0.3, -0.25) is 19.7 Å². The van der Waals surface area contributed by atoms with Gasteiger partial charge in [0.05, 0.1) is 4.92 Å². The lowest BCUT2D eigenvalue weighted by molar-refractivity contribution is -0.384. The Morgan fingerprint density at radius 2 is 1.97 bits per heavy atom. The SMILES string of the molecule is CN(Cc1cccc(Cl)c1)C(=O)COC(=O)CCCNc1ccccc1[N+](=O)[O-]. The standard InChI is InChI=1S/C20H22ClN3O5/c1-23(13-15-6-4-7-16(21)12-15)19(25)14-29-20(26)10-5-11-22-17-8-2-3-9-18(17)24(27)28/h2-4,6-9,12,22H,5,10-11,13-14H2,1H3. The van der Waals surface area contributed by atoms with E-state index in [4.69, 9.17) is 16.3 Å². The van der Waals surface area contributed by atoms with Crippen LogP contribution in [0.1, 0.15) is 18.4 Å². The number of nitro benzene ring substituents is 1. The highest BCUT2D eigenvalue weighted by molar-refractivity contribution is 6.30. The van der Waals surface area contributed by atoms with Gasteiger partial charge in [0, 0.05) is 37.6 Å². The van der Waals surface area contributed by atoms with Gasteiger partial charge in [-0.1, -0.05) is 35.9 Å². The van der Waals surface area contributed by atoms with Crippen LogP contribution in [0.25, 0.3) is 0 Å². The summed E-state index contributed by atoms with van der Waals surface area (Å²) in [6, 6.07) is 13.4. The minimum Gasteiger partial charge on any atom is -0.456 e. The lowest BCUT2D eigenvalue weighted by atomic mass is 10.2. The zero-order valence-electron chi connectivity index (χ0n) is 16.0. The Labute approximate surface area is 173 Å². The molecule has 0 aliphatic heterocycles. The van der Waals surface area contributed by atoms with Gasteiger partial charge >= 0.3 is 5.97 Å². The Kier molecular flexibility index (Phi) is 8.42. The first kappa shape index (κ1) is 22.2. The number of anilines is 1. The molecule has 1 amide bonds. The molecule has 2 aromatic rings. The van der Waals surface area contributed by atoms with Crippen molar-refractivity contribution in [3.05, 3.63) is 69.2 Å². The van der Waals surface area contributed by atoms with Gasteiger partial charge in [0.25, 0.3) is 11.6 Å². The summed E-state index contributed by atoms with van der Waals surface area (Å²) in [7, 11) is 1.62. The quantitative estimate of drug-likeness (QED) is 0.273. The normalized spacial score (nSPS) is 10.3. The Balaban J connectivity index is 1.68. The predicted octanol–water partition coefficient (Wildman–Crippen LogP) is 3.64. The molecule has 0 aromatic heterocycles. The van der Waals surface area contributed by atoms with Crippen molar-refractivity contribution >= 4 is 34.9 Å². The molecule has 0 spiro atoms. The number of nitrogens with one attached hydrogen (secondary N) is 1. The third-order valence-corrected chi connectivity index (χ3v) is 4.30. The molecule has 9 heteroatoms. The van der Waals surface area contributed by atoms with Crippen molar-refractivity contribution in [3.63, 3.8) is 0 Å². The van der Waals surface area contributed by atoms with Crippen LogP contribution in [0, 0.1) is 10.1 Å². The number of hydrogen-bond acceptors (Lipinski definition) is 6. The number of carbonyl (C=O) groups excluding carboxylic acids is 2. The minimum atomic E-state index is -0.501. The molecule has 0 aliphatic carbocycles. The molecule has 0 unspecified atom stereocenters. The summed E-state index contributed by atoms with van der Waals surface area (Å²) >= 11 is 5.92. The van der Waals surface area contributed by atoms with Crippen LogP contribution < -0.4 is 5.32 Å². The van der Waals surface area contributed by atoms with Gasteiger partial charge in [-0.2, -0.15) is 0 Å². The maximum atomic E-state index is 12.1. The van der Waals surface area contributed by atoms with E-state index in [0.717, 1.165) is 5.56 Å². The summed E-state index contributed by atoms with van der Waals surface area (Å²) < 4.78 is 5.01. The summed E-state index contributed by atoms with van der Waals surface area (Å²) in [4.78, 5) is 35.8. The van der Waals surface area contributed by atoms with Crippen LogP contribution in [0.2, 0.25) is 5.02 Å². The van der Waals surface area contributed by atoms with Gasteiger partial charge < -0.3 is 15.0 Å². The van der Waals surface area contributed by atoms with Crippen molar-refractivity contribution in [1.82, 2.24) is 4.90 Å². The van der Waals surface area contributed by atoms with E-state index >= 15 is 0 Å². The van der Waals surface area contributed by atoms with E-state index in [0.29, 0.717) is 30.2 Å². The van der Waals surface area contributed by atoms with Gasteiger partial charge in [0.1, 0.15) is 5.69 Å². The molecule has 8 nitrogen and oxygen atoms in total. The van der Waals surface area contributed by atoms with Gasteiger partial charge in [-0.05, 0) is 30.2 Å². The fourth-order valence-electron chi connectivity index (χ4n) is 2.56. The third-order valence-electron chi connectivity index (χ3n) is 4.07. The lowest BCUT2D eigenvalue weighted by Crippen LogP contribution is -2.30. The fraction of sp³-hybridized carbons (Fsp3) is 0.300. The van der Waals surface area contributed by atoms with Crippen LogP contribution >= 0.6 is 11.6 Å².